The van der Waals surface area contributed by atoms with Gasteiger partial charge >= 0.3 is 0 Å². The van der Waals surface area contributed by atoms with E-state index < -0.39 is 28.5 Å². The van der Waals surface area contributed by atoms with Crippen molar-refractivity contribution in [1.29, 1.82) is 0 Å². The van der Waals surface area contributed by atoms with Gasteiger partial charge in [-0.1, -0.05) is 59.6 Å². The molecule has 3 rings (SSSR count). The number of sulfonamides is 1. The van der Waals surface area contributed by atoms with Gasteiger partial charge in [0.25, 0.3) is 10.0 Å². The predicted octanol–water partition coefficient (Wildman–Crippen LogP) is 4.99. The zero-order chi connectivity index (χ0) is 28.4. The number of carbonyl (C=O) groups excluding carboxylic acids is 2. The number of nitrogens with one attached hydrogen (secondary N) is 1. The van der Waals surface area contributed by atoms with E-state index in [0.717, 1.165) is 27.2 Å². The summed E-state index contributed by atoms with van der Waals surface area (Å²) in [5.74, 6) is -0.206. The van der Waals surface area contributed by atoms with E-state index in [1.54, 1.807) is 74.7 Å². The van der Waals surface area contributed by atoms with Crippen LogP contribution in [-0.2, 0) is 26.2 Å². The third-order valence-corrected chi connectivity index (χ3v) is 8.53. The fourth-order valence-electron chi connectivity index (χ4n) is 3.94. The molecule has 0 aromatic heterocycles. The highest BCUT2D eigenvalue weighted by molar-refractivity contribution is 9.10. The van der Waals surface area contributed by atoms with Gasteiger partial charge in [-0.05, 0) is 67.4 Å². The molecule has 0 saturated heterocycles. The van der Waals surface area contributed by atoms with Crippen LogP contribution < -0.4 is 14.4 Å². The maximum atomic E-state index is 13.9. The molecular weight excluding hydrogens is 582 g/mol. The summed E-state index contributed by atoms with van der Waals surface area (Å²) in [7, 11) is -2.54. The molecular formula is C29H34BrN3O5S. The summed E-state index contributed by atoms with van der Waals surface area (Å²) in [4.78, 5) is 28.4. The van der Waals surface area contributed by atoms with Crippen LogP contribution in [0.25, 0.3) is 0 Å². The molecule has 39 heavy (non-hydrogen) atoms. The van der Waals surface area contributed by atoms with E-state index in [0.29, 0.717) is 18.0 Å². The van der Waals surface area contributed by atoms with E-state index in [9.17, 15) is 18.0 Å². The maximum absolute atomic E-state index is 13.9. The number of halogens is 1. The molecule has 0 saturated carbocycles. The Morgan fingerprint density at radius 1 is 1.00 bits per heavy atom. The summed E-state index contributed by atoms with van der Waals surface area (Å²) in [5.41, 5.74) is 1.08. The lowest BCUT2D eigenvalue weighted by Crippen LogP contribution is -2.51. The minimum atomic E-state index is -4.09. The van der Waals surface area contributed by atoms with Crippen molar-refractivity contribution < 1.29 is 22.7 Å². The van der Waals surface area contributed by atoms with E-state index in [-0.39, 0.29) is 17.3 Å². The van der Waals surface area contributed by atoms with Crippen LogP contribution in [0.3, 0.4) is 0 Å². The van der Waals surface area contributed by atoms with Crippen molar-refractivity contribution in [2.45, 2.75) is 44.2 Å². The zero-order valence-electron chi connectivity index (χ0n) is 22.3. The highest BCUT2D eigenvalue weighted by Crippen LogP contribution is 2.26. The topological polar surface area (TPSA) is 96.0 Å². The molecule has 8 nitrogen and oxygen atoms in total. The van der Waals surface area contributed by atoms with Crippen molar-refractivity contribution in [3.05, 3.63) is 88.9 Å². The van der Waals surface area contributed by atoms with Crippen LogP contribution in [0.1, 0.15) is 32.3 Å². The summed E-state index contributed by atoms with van der Waals surface area (Å²) in [6.45, 7) is 3.77. The fourth-order valence-corrected chi connectivity index (χ4v) is 5.64. The Hall–Kier alpha value is -3.37. The molecule has 1 atom stereocenters. The quantitative estimate of drug-likeness (QED) is 0.273. The van der Waals surface area contributed by atoms with Crippen molar-refractivity contribution in [2.75, 3.05) is 24.5 Å². The molecule has 10 heteroatoms. The number of rotatable bonds is 13. The van der Waals surface area contributed by atoms with Crippen molar-refractivity contribution in [3.63, 3.8) is 0 Å². The number of methoxy groups -OCH3 is 1. The summed E-state index contributed by atoms with van der Waals surface area (Å²) in [6.07, 6.45) is 1.73. The summed E-state index contributed by atoms with van der Waals surface area (Å²) >= 11 is 3.38. The SMILES string of the molecule is CCCCNC(=O)[C@@H](C)N(Cc1cccc(OC)c1)C(=O)CN(c1ccc(Br)cc1)S(=O)(=O)c1ccccc1. The second-order valence-corrected chi connectivity index (χ2v) is 11.8. The Balaban J connectivity index is 1.99. The first kappa shape index (κ1) is 30.2. The van der Waals surface area contributed by atoms with Crippen molar-refractivity contribution >= 4 is 43.5 Å². The average molecular weight is 617 g/mol. The van der Waals surface area contributed by atoms with Crippen LogP contribution in [0.5, 0.6) is 5.75 Å². The lowest BCUT2D eigenvalue weighted by molar-refractivity contribution is -0.139. The van der Waals surface area contributed by atoms with Crippen molar-refractivity contribution in [3.8, 4) is 5.75 Å². The number of benzene rings is 3. The lowest BCUT2D eigenvalue weighted by atomic mass is 10.1. The summed E-state index contributed by atoms with van der Waals surface area (Å²) < 4.78 is 34.7. The van der Waals surface area contributed by atoms with E-state index in [1.807, 2.05) is 13.0 Å². The van der Waals surface area contributed by atoms with Gasteiger partial charge in [-0.15, -0.1) is 0 Å². The van der Waals surface area contributed by atoms with Crippen molar-refractivity contribution in [2.24, 2.45) is 0 Å². The lowest BCUT2D eigenvalue weighted by Gasteiger charge is -2.32. The van der Waals surface area contributed by atoms with Gasteiger partial charge in [-0.3, -0.25) is 13.9 Å². The van der Waals surface area contributed by atoms with E-state index in [1.165, 1.54) is 17.0 Å². The minimum Gasteiger partial charge on any atom is -0.497 e. The molecule has 1 N–H and O–H groups in total. The van der Waals surface area contributed by atoms with Crippen LogP contribution >= 0.6 is 15.9 Å². The average Bonchev–Trinajstić information content (AvgIpc) is 2.95. The molecule has 3 aromatic rings. The fraction of sp³-hybridized carbons (Fsp3) is 0.310. The van der Waals surface area contributed by atoms with Gasteiger partial charge < -0.3 is 15.0 Å². The monoisotopic (exact) mass is 615 g/mol. The molecule has 0 unspecified atom stereocenters. The smallest absolute Gasteiger partial charge is 0.264 e. The number of nitrogens with zero attached hydrogens (tertiary/aromatic N) is 2. The first-order valence-electron chi connectivity index (χ1n) is 12.7. The second-order valence-electron chi connectivity index (χ2n) is 8.99. The molecule has 208 valence electrons. The van der Waals surface area contributed by atoms with Gasteiger partial charge in [0.15, 0.2) is 0 Å². The standard InChI is InChI=1S/C29H34BrN3O5S/c1-4-5-18-31-29(35)22(2)32(20-23-10-9-11-26(19-23)38-3)28(34)21-33(25-16-14-24(30)15-17-25)39(36,37)27-12-7-6-8-13-27/h6-17,19,22H,4-5,18,20-21H2,1-3H3,(H,31,35)/t22-/m1/s1. The number of amides is 2. The van der Waals surface area contributed by atoms with Gasteiger partial charge in [0, 0.05) is 17.6 Å². The molecule has 0 fully saturated rings. The Kier molecular flexibility index (Phi) is 10.9. The van der Waals surface area contributed by atoms with Crippen molar-refractivity contribution in [1.82, 2.24) is 10.2 Å². The molecule has 0 spiro atoms. The zero-order valence-corrected chi connectivity index (χ0v) is 24.7. The Bertz CT molecular complexity index is 1350. The van der Waals surface area contributed by atoms with E-state index in [2.05, 4.69) is 21.2 Å². The van der Waals surface area contributed by atoms with Gasteiger partial charge in [0.05, 0.1) is 17.7 Å². The third kappa shape index (κ3) is 8.06. The Labute approximate surface area is 239 Å². The number of hydrogen-bond donors (Lipinski definition) is 1. The highest BCUT2D eigenvalue weighted by atomic mass is 79.9. The van der Waals surface area contributed by atoms with Crippen LogP contribution in [0.15, 0.2) is 88.2 Å². The summed E-state index contributed by atoms with van der Waals surface area (Å²) in [6, 6.07) is 21.0. The van der Waals surface area contributed by atoms with Gasteiger partial charge in [0.1, 0.15) is 18.3 Å². The first-order valence-corrected chi connectivity index (χ1v) is 14.9. The number of ether oxygens (including phenoxy) is 1. The van der Waals surface area contributed by atoms with Crippen LogP contribution in [0.2, 0.25) is 0 Å². The number of unbranched alkanes of at least 4 members (excludes halogenated alkanes) is 1. The van der Waals surface area contributed by atoms with Crippen LogP contribution in [0, 0.1) is 0 Å². The molecule has 2 amide bonds. The molecule has 0 aliphatic rings. The third-order valence-electron chi connectivity index (χ3n) is 6.21. The molecule has 0 heterocycles. The van der Waals surface area contributed by atoms with Crippen LogP contribution in [-0.4, -0.2) is 51.4 Å². The first-order chi connectivity index (χ1) is 18.7. The van der Waals surface area contributed by atoms with Gasteiger partial charge in [0.2, 0.25) is 11.8 Å². The summed E-state index contributed by atoms with van der Waals surface area (Å²) in [5, 5.41) is 2.88. The van der Waals surface area contributed by atoms with E-state index >= 15 is 0 Å². The Morgan fingerprint density at radius 3 is 2.33 bits per heavy atom. The Morgan fingerprint density at radius 2 is 1.69 bits per heavy atom. The van der Waals surface area contributed by atoms with Gasteiger partial charge in [-0.25, -0.2) is 8.42 Å². The number of anilines is 1. The van der Waals surface area contributed by atoms with E-state index in [4.69, 9.17) is 4.74 Å². The molecule has 0 aliphatic carbocycles. The van der Waals surface area contributed by atoms with Crippen LogP contribution in [0.4, 0.5) is 5.69 Å². The number of carbonyl (C=O) groups is 2. The molecule has 3 aromatic carbocycles. The molecule has 0 radical (unpaired) electrons. The second kappa shape index (κ2) is 14.1. The largest absolute Gasteiger partial charge is 0.497 e. The minimum absolute atomic E-state index is 0.0606. The normalized spacial score (nSPS) is 11.9. The highest BCUT2D eigenvalue weighted by Gasteiger charge is 2.32. The maximum Gasteiger partial charge on any atom is 0.264 e. The number of hydrogen-bond acceptors (Lipinski definition) is 5. The molecule has 0 aliphatic heterocycles. The van der Waals surface area contributed by atoms with Gasteiger partial charge in [-0.2, -0.15) is 0 Å². The molecule has 0 bridgehead atoms. The predicted molar refractivity (Wildman–Crippen MR) is 156 cm³/mol.